The number of carbonyl (C=O) groups excluding carboxylic acids is 1. The Labute approximate surface area is 200 Å². The highest BCUT2D eigenvalue weighted by molar-refractivity contribution is 7.92. The fourth-order valence-corrected chi connectivity index (χ4v) is 4.21. The Morgan fingerprint density at radius 3 is 2.09 bits per heavy atom. The monoisotopic (exact) mass is 510 g/mol. The van der Waals surface area contributed by atoms with Crippen LogP contribution in [-0.2, 0) is 16.6 Å². The highest BCUT2D eigenvalue weighted by Crippen LogP contribution is 2.37. The zero-order valence-corrected chi connectivity index (χ0v) is 20.0. The molecule has 3 rings (SSSR count). The van der Waals surface area contributed by atoms with Gasteiger partial charge < -0.3 is 14.8 Å². The number of hydrogen-bond donors (Lipinski definition) is 1. The molecule has 0 spiro atoms. The standard InChI is InChI=1S/C23H21ClF2N2O5S/c1-32-20-11-16(23(29)27-22-17(25)5-4-6-18(22)26)19(12-21(20)33-2)28(34(3,30)31)13-14-7-9-15(24)10-8-14/h4-12H,13H2,1-3H3,(H,27,29). The maximum Gasteiger partial charge on any atom is 0.258 e. The second kappa shape index (κ2) is 10.3. The van der Waals surface area contributed by atoms with E-state index < -0.39 is 33.3 Å². The minimum atomic E-state index is -3.94. The smallest absolute Gasteiger partial charge is 0.258 e. The third-order valence-electron chi connectivity index (χ3n) is 4.86. The maximum atomic E-state index is 14.1. The predicted molar refractivity (Wildman–Crippen MR) is 126 cm³/mol. The summed E-state index contributed by atoms with van der Waals surface area (Å²) in [4.78, 5) is 13.2. The van der Waals surface area contributed by atoms with Gasteiger partial charge in [-0.2, -0.15) is 0 Å². The van der Waals surface area contributed by atoms with E-state index in [1.54, 1.807) is 24.3 Å². The van der Waals surface area contributed by atoms with Crippen molar-refractivity contribution in [1.82, 2.24) is 0 Å². The van der Waals surface area contributed by atoms with Gasteiger partial charge in [0.05, 0.1) is 38.3 Å². The van der Waals surface area contributed by atoms with E-state index in [0.717, 1.165) is 28.8 Å². The number of amides is 1. The molecule has 0 atom stereocenters. The molecule has 0 saturated carbocycles. The average Bonchev–Trinajstić information content (AvgIpc) is 2.79. The van der Waals surface area contributed by atoms with Crippen molar-refractivity contribution in [1.29, 1.82) is 0 Å². The number of sulfonamides is 1. The number of nitrogens with one attached hydrogen (secondary N) is 1. The lowest BCUT2D eigenvalue weighted by atomic mass is 10.1. The average molecular weight is 511 g/mol. The summed E-state index contributed by atoms with van der Waals surface area (Å²) in [7, 11) is -1.26. The number of hydrogen-bond acceptors (Lipinski definition) is 5. The van der Waals surface area contributed by atoms with Crippen LogP contribution >= 0.6 is 11.6 Å². The van der Waals surface area contributed by atoms with Crippen molar-refractivity contribution >= 4 is 38.9 Å². The van der Waals surface area contributed by atoms with Crippen LogP contribution in [0.1, 0.15) is 15.9 Å². The lowest BCUT2D eigenvalue weighted by Crippen LogP contribution is -2.31. The summed E-state index contributed by atoms with van der Waals surface area (Å²) in [5.74, 6) is -2.67. The Bertz CT molecular complexity index is 1300. The molecule has 1 amide bonds. The number of benzene rings is 3. The summed E-state index contributed by atoms with van der Waals surface area (Å²) < 4.78 is 65.3. The highest BCUT2D eigenvalue weighted by Gasteiger charge is 2.27. The molecule has 34 heavy (non-hydrogen) atoms. The first kappa shape index (κ1) is 25.3. The molecule has 0 aromatic heterocycles. The molecule has 0 bridgehead atoms. The summed E-state index contributed by atoms with van der Waals surface area (Å²) >= 11 is 5.92. The molecule has 0 heterocycles. The summed E-state index contributed by atoms with van der Waals surface area (Å²) in [6.45, 7) is -0.153. The van der Waals surface area contributed by atoms with Crippen molar-refractivity contribution < 1.29 is 31.5 Å². The van der Waals surface area contributed by atoms with Crippen molar-refractivity contribution in [2.75, 3.05) is 30.1 Å². The molecular weight excluding hydrogens is 490 g/mol. The number of ether oxygens (including phenoxy) is 2. The van der Waals surface area contributed by atoms with Gasteiger partial charge in [0, 0.05) is 11.1 Å². The Morgan fingerprint density at radius 2 is 1.56 bits per heavy atom. The van der Waals surface area contributed by atoms with Crippen LogP contribution in [0, 0.1) is 11.6 Å². The van der Waals surface area contributed by atoms with Crippen LogP contribution in [0.25, 0.3) is 0 Å². The van der Waals surface area contributed by atoms with E-state index in [9.17, 15) is 22.0 Å². The van der Waals surface area contributed by atoms with Crippen LogP contribution in [0.2, 0.25) is 5.02 Å². The lowest BCUT2D eigenvalue weighted by Gasteiger charge is -2.26. The molecule has 0 aliphatic carbocycles. The van der Waals surface area contributed by atoms with E-state index in [1.807, 2.05) is 0 Å². The van der Waals surface area contributed by atoms with Crippen LogP contribution in [0.4, 0.5) is 20.2 Å². The number of nitrogens with zero attached hydrogens (tertiary/aromatic N) is 1. The fraction of sp³-hybridized carbons (Fsp3) is 0.174. The van der Waals surface area contributed by atoms with Gasteiger partial charge in [-0.1, -0.05) is 29.8 Å². The number of halogens is 3. The Balaban J connectivity index is 2.16. The van der Waals surface area contributed by atoms with Gasteiger partial charge >= 0.3 is 0 Å². The van der Waals surface area contributed by atoms with E-state index in [0.29, 0.717) is 10.6 Å². The topological polar surface area (TPSA) is 84.9 Å². The highest BCUT2D eigenvalue weighted by atomic mass is 35.5. The first-order valence-electron chi connectivity index (χ1n) is 9.78. The molecule has 1 N–H and O–H groups in total. The maximum absolute atomic E-state index is 14.1. The molecule has 0 aliphatic heterocycles. The summed E-state index contributed by atoms with van der Waals surface area (Å²) in [5, 5.41) is 2.64. The molecule has 0 aliphatic rings. The van der Waals surface area contributed by atoms with Crippen LogP contribution in [0.5, 0.6) is 11.5 Å². The van der Waals surface area contributed by atoms with Gasteiger partial charge in [-0.3, -0.25) is 9.10 Å². The fourth-order valence-electron chi connectivity index (χ4n) is 3.19. The molecule has 0 fully saturated rings. The van der Waals surface area contributed by atoms with Crippen molar-refractivity contribution in [3.63, 3.8) is 0 Å². The first-order valence-corrected chi connectivity index (χ1v) is 12.0. The van der Waals surface area contributed by atoms with E-state index in [-0.39, 0.29) is 29.3 Å². The number of carbonyl (C=O) groups is 1. The second-order valence-electron chi connectivity index (χ2n) is 7.17. The summed E-state index contributed by atoms with van der Waals surface area (Å²) in [6.07, 6.45) is 0.970. The van der Waals surface area contributed by atoms with Gasteiger partial charge in [-0.05, 0) is 35.9 Å². The number of anilines is 2. The summed E-state index contributed by atoms with van der Waals surface area (Å²) in [6, 6.07) is 12.1. The van der Waals surface area contributed by atoms with Gasteiger partial charge in [0.1, 0.15) is 17.3 Å². The van der Waals surface area contributed by atoms with Gasteiger partial charge in [0.2, 0.25) is 10.0 Å². The van der Waals surface area contributed by atoms with Crippen molar-refractivity contribution in [3.8, 4) is 11.5 Å². The van der Waals surface area contributed by atoms with Crippen LogP contribution in [0.3, 0.4) is 0 Å². The molecule has 0 unspecified atom stereocenters. The molecule has 11 heteroatoms. The number of rotatable bonds is 8. The minimum Gasteiger partial charge on any atom is -0.493 e. The molecular formula is C23H21ClF2N2O5S. The molecule has 3 aromatic rings. The van der Waals surface area contributed by atoms with E-state index in [2.05, 4.69) is 5.32 Å². The van der Waals surface area contributed by atoms with Crippen molar-refractivity contribution in [2.24, 2.45) is 0 Å². The Kier molecular flexibility index (Phi) is 7.63. The number of para-hydroxylation sites is 1. The van der Waals surface area contributed by atoms with E-state index in [4.69, 9.17) is 21.1 Å². The minimum absolute atomic E-state index is 0.0793. The lowest BCUT2D eigenvalue weighted by molar-refractivity contribution is 0.102. The third-order valence-corrected chi connectivity index (χ3v) is 6.23. The van der Waals surface area contributed by atoms with Crippen molar-refractivity contribution in [2.45, 2.75) is 6.54 Å². The zero-order chi connectivity index (χ0) is 25.0. The van der Waals surface area contributed by atoms with Gasteiger partial charge in [0.15, 0.2) is 11.5 Å². The third kappa shape index (κ3) is 5.57. The van der Waals surface area contributed by atoms with Crippen LogP contribution in [0.15, 0.2) is 54.6 Å². The molecule has 180 valence electrons. The SMILES string of the molecule is COc1cc(C(=O)Nc2c(F)cccc2F)c(N(Cc2ccc(Cl)cc2)S(C)(=O)=O)cc1OC. The van der Waals surface area contributed by atoms with Gasteiger partial charge in [-0.25, -0.2) is 17.2 Å². The van der Waals surface area contributed by atoms with Crippen LogP contribution in [-0.4, -0.2) is 34.8 Å². The van der Waals surface area contributed by atoms with E-state index in [1.165, 1.54) is 26.4 Å². The van der Waals surface area contributed by atoms with Crippen LogP contribution < -0.4 is 19.1 Å². The molecule has 7 nitrogen and oxygen atoms in total. The molecule has 3 aromatic carbocycles. The second-order valence-corrected chi connectivity index (χ2v) is 9.51. The first-order chi connectivity index (χ1) is 16.0. The van der Waals surface area contributed by atoms with Gasteiger partial charge in [0.25, 0.3) is 5.91 Å². The van der Waals surface area contributed by atoms with Gasteiger partial charge in [-0.15, -0.1) is 0 Å². The predicted octanol–water partition coefficient (Wildman–Crippen LogP) is 4.85. The number of methoxy groups -OCH3 is 2. The molecule has 0 saturated heterocycles. The van der Waals surface area contributed by atoms with Crippen molar-refractivity contribution in [3.05, 3.63) is 82.4 Å². The largest absolute Gasteiger partial charge is 0.493 e. The quantitative estimate of drug-likeness (QED) is 0.468. The Morgan fingerprint density at radius 1 is 1.00 bits per heavy atom. The normalized spacial score (nSPS) is 11.1. The molecule has 0 radical (unpaired) electrons. The summed E-state index contributed by atoms with van der Waals surface area (Å²) in [5.41, 5.74) is -0.378. The van der Waals surface area contributed by atoms with E-state index >= 15 is 0 Å². The Hall–Kier alpha value is -3.37. The zero-order valence-electron chi connectivity index (χ0n) is 18.4.